The van der Waals surface area contributed by atoms with Gasteiger partial charge in [-0.1, -0.05) is 36.0 Å². The highest BCUT2D eigenvalue weighted by Gasteiger charge is 2.23. The monoisotopic (exact) mass is 220 g/mol. The maximum atomic E-state index is 5.79. The number of nitrogens with two attached hydrogens (primary N) is 1. The molecule has 1 aliphatic rings. The normalized spacial score (nSPS) is 26.8. The van der Waals surface area contributed by atoms with E-state index in [1.807, 2.05) is 0 Å². The fourth-order valence-electron chi connectivity index (χ4n) is 1.70. The van der Waals surface area contributed by atoms with Gasteiger partial charge in [-0.25, -0.2) is 0 Å². The van der Waals surface area contributed by atoms with Crippen molar-refractivity contribution in [2.24, 2.45) is 5.73 Å². The Kier molecular flexibility index (Phi) is 4.51. The maximum Gasteiger partial charge on any atom is 0.0550 e. The predicted molar refractivity (Wildman–Crippen MR) is 71.3 cm³/mol. The topological polar surface area (TPSA) is 29.3 Å². The lowest BCUT2D eigenvalue weighted by Gasteiger charge is -2.34. The Hall–Kier alpha value is -0.860. The Morgan fingerprint density at radius 2 is 2.12 bits per heavy atom. The third-order valence-corrected chi connectivity index (χ3v) is 3.22. The standard InChI is InChI=1S/C14H24N2/c1-12-6-5-9-14(3,10-7-12)16(4)11-8-13(2)15/h5-7,9-10,13H,8,11,15H2,1-4H3. The van der Waals surface area contributed by atoms with Crippen LogP contribution in [0.3, 0.4) is 0 Å². The van der Waals surface area contributed by atoms with E-state index in [0.29, 0.717) is 0 Å². The molecule has 0 aromatic carbocycles. The van der Waals surface area contributed by atoms with Gasteiger partial charge in [0, 0.05) is 12.6 Å². The summed E-state index contributed by atoms with van der Waals surface area (Å²) >= 11 is 0. The second kappa shape index (κ2) is 5.46. The number of nitrogens with zero attached hydrogens (tertiary/aromatic N) is 1. The molecule has 90 valence electrons. The lowest BCUT2D eigenvalue weighted by molar-refractivity contribution is 0.225. The minimum atomic E-state index is 0.00313. The molecule has 1 rings (SSSR count). The lowest BCUT2D eigenvalue weighted by atomic mass is 9.98. The van der Waals surface area contributed by atoms with Gasteiger partial charge in [-0.15, -0.1) is 0 Å². The number of rotatable bonds is 4. The summed E-state index contributed by atoms with van der Waals surface area (Å²) in [6, 6.07) is 0.268. The molecule has 0 heterocycles. The minimum absolute atomic E-state index is 0.00313. The van der Waals surface area contributed by atoms with Crippen molar-refractivity contribution in [3.05, 3.63) is 36.0 Å². The van der Waals surface area contributed by atoms with Gasteiger partial charge in [0.05, 0.1) is 5.54 Å². The van der Waals surface area contributed by atoms with Crippen LogP contribution in [0, 0.1) is 0 Å². The second-order valence-electron chi connectivity index (χ2n) is 5.02. The van der Waals surface area contributed by atoms with Crippen LogP contribution in [-0.4, -0.2) is 30.1 Å². The molecule has 16 heavy (non-hydrogen) atoms. The van der Waals surface area contributed by atoms with Crippen LogP contribution in [0.15, 0.2) is 36.0 Å². The largest absolute Gasteiger partial charge is 0.328 e. The molecule has 2 nitrogen and oxygen atoms in total. The summed E-state index contributed by atoms with van der Waals surface area (Å²) in [6.07, 6.45) is 12.0. The van der Waals surface area contributed by atoms with Crippen molar-refractivity contribution in [2.45, 2.75) is 38.8 Å². The molecule has 2 N–H and O–H groups in total. The highest BCUT2D eigenvalue weighted by atomic mass is 15.2. The summed E-state index contributed by atoms with van der Waals surface area (Å²) in [7, 11) is 2.15. The molecule has 0 saturated carbocycles. The molecule has 0 aromatic heterocycles. The molecule has 2 unspecified atom stereocenters. The van der Waals surface area contributed by atoms with Crippen molar-refractivity contribution in [2.75, 3.05) is 13.6 Å². The molecule has 0 spiro atoms. The van der Waals surface area contributed by atoms with Gasteiger partial charge in [0.2, 0.25) is 0 Å². The summed E-state index contributed by atoms with van der Waals surface area (Å²) in [5, 5.41) is 0. The Morgan fingerprint density at radius 3 is 2.75 bits per heavy atom. The van der Waals surface area contributed by atoms with E-state index >= 15 is 0 Å². The van der Waals surface area contributed by atoms with Crippen LogP contribution in [0.4, 0.5) is 0 Å². The van der Waals surface area contributed by atoms with Crippen LogP contribution >= 0.6 is 0 Å². The Labute approximate surface area is 99.5 Å². The molecule has 0 amide bonds. The summed E-state index contributed by atoms with van der Waals surface area (Å²) in [5.74, 6) is 0. The van der Waals surface area contributed by atoms with Crippen molar-refractivity contribution in [1.29, 1.82) is 0 Å². The Balaban J connectivity index is 2.67. The summed E-state index contributed by atoms with van der Waals surface area (Å²) in [5.41, 5.74) is 7.09. The molecule has 0 aliphatic heterocycles. The second-order valence-corrected chi connectivity index (χ2v) is 5.02. The number of likely N-dealkylation sites (N-methyl/N-ethyl adjacent to an activating group) is 1. The molecule has 0 fully saturated rings. The van der Waals surface area contributed by atoms with Crippen LogP contribution in [0.5, 0.6) is 0 Å². The lowest BCUT2D eigenvalue weighted by Crippen LogP contribution is -2.42. The zero-order valence-corrected chi connectivity index (χ0v) is 10.9. The molecule has 2 atom stereocenters. The van der Waals surface area contributed by atoms with Gasteiger partial charge in [-0.2, -0.15) is 0 Å². The van der Waals surface area contributed by atoms with Crippen molar-refractivity contribution >= 4 is 0 Å². The zero-order chi connectivity index (χ0) is 12.2. The van der Waals surface area contributed by atoms with E-state index in [0.717, 1.165) is 13.0 Å². The smallest absolute Gasteiger partial charge is 0.0550 e. The number of allylic oxidation sites excluding steroid dienone is 4. The van der Waals surface area contributed by atoms with Crippen LogP contribution in [0.2, 0.25) is 0 Å². The Bertz CT molecular complexity index is 313. The van der Waals surface area contributed by atoms with Crippen LogP contribution in [0.1, 0.15) is 27.2 Å². The SMILES string of the molecule is CC1=CC=CC(C)(N(C)CCC(C)N)C=C1. The molecule has 2 heteroatoms. The van der Waals surface area contributed by atoms with E-state index < -0.39 is 0 Å². The van der Waals surface area contributed by atoms with E-state index in [-0.39, 0.29) is 11.6 Å². The third kappa shape index (κ3) is 3.62. The first-order valence-electron chi connectivity index (χ1n) is 5.96. The van der Waals surface area contributed by atoms with Gasteiger partial charge in [0.25, 0.3) is 0 Å². The average Bonchev–Trinajstić information content (AvgIpc) is 2.38. The summed E-state index contributed by atoms with van der Waals surface area (Å²) < 4.78 is 0. The van der Waals surface area contributed by atoms with Crippen molar-refractivity contribution in [3.8, 4) is 0 Å². The molecular formula is C14H24N2. The predicted octanol–water partition coefficient (Wildman–Crippen LogP) is 2.49. The highest BCUT2D eigenvalue weighted by molar-refractivity contribution is 5.32. The van der Waals surface area contributed by atoms with Crippen molar-refractivity contribution in [3.63, 3.8) is 0 Å². The van der Waals surface area contributed by atoms with Gasteiger partial charge in [0.15, 0.2) is 0 Å². The molecule has 0 saturated heterocycles. The molecule has 1 aliphatic carbocycles. The minimum Gasteiger partial charge on any atom is -0.328 e. The average molecular weight is 220 g/mol. The van der Waals surface area contributed by atoms with E-state index in [4.69, 9.17) is 5.73 Å². The van der Waals surface area contributed by atoms with E-state index in [9.17, 15) is 0 Å². The quantitative estimate of drug-likeness (QED) is 0.788. The van der Waals surface area contributed by atoms with Crippen molar-refractivity contribution < 1.29 is 0 Å². The van der Waals surface area contributed by atoms with E-state index in [1.165, 1.54) is 5.57 Å². The maximum absolute atomic E-state index is 5.79. The summed E-state index contributed by atoms with van der Waals surface area (Å²) in [4.78, 5) is 2.34. The fraction of sp³-hybridized carbons (Fsp3) is 0.571. The van der Waals surface area contributed by atoms with Crippen LogP contribution in [-0.2, 0) is 0 Å². The molecular weight excluding hydrogens is 196 g/mol. The van der Waals surface area contributed by atoms with Gasteiger partial charge in [-0.05, 0) is 34.2 Å². The van der Waals surface area contributed by atoms with Gasteiger partial charge < -0.3 is 5.73 Å². The third-order valence-electron chi connectivity index (χ3n) is 3.22. The van der Waals surface area contributed by atoms with Crippen molar-refractivity contribution in [1.82, 2.24) is 4.90 Å². The first-order valence-corrected chi connectivity index (χ1v) is 5.96. The van der Waals surface area contributed by atoms with E-state index in [1.54, 1.807) is 0 Å². The zero-order valence-electron chi connectivity index (χ0n) is 10.9. The van der Waals surface area contributed by atoms with Gasteiger partial charge in [0.1, 0.15) is 0 Å². The first kappa shape index (κ1) is 13.2. The highest BCUT2D eigenvalue weighted by Crippen LogP contribution is 2.21. The molecule has 0 bridgehead atoms. The van der Waals surface area contributed by atoms with Crippen LogP contribution in [0.25, 0.3) is 0 Å². The molecule has 0 aromatic rings. The van der Waals surface area contributed by atoms with Gasteiger partial charge >= 0.3 is 0 Å². The Morgan fingerprint density at radius 1 is 1.44 bits per heavy atom. The molecule has 0 radical (unpaired) electrons. The van der Waals surface area contributed by atoms with Crippen LogP contribution < -0.4 is 5.73 Å². The summed E-state index contributed by atoms with van der Waals surface area (Å²) in [6.45, 7) is 7.42. The fourth-order valence-corrected chi connectivity index (χ4v) is 1.70. The first-order chi connectivity index (χ1) is 7.44. The number of hydrogen-bond acceptors (Lipinski definition) is 2. The van der Waals surface area contributed by atoms with E-state index in [2.05, 4.69) is 63.1 Å². The number of hydrogen-bond donors (Lipinski definition) is 1. The van der Waals surface area contributed by atoms with Gasteiger partial charge in [-0.3, -0.25) is 4.90 Å².